The van der Waals surface area contributed by atoms with E-state index in [1.807, 2.05) is 42.5 Å². The average molecular weight is 339 g/mol. The molecule has 0 saturated heterocycles. The molecule has 0 aliphatic heterocycles. The molecule has 4 nitrogen and oxygen atoms in total. The molecule has 0 unspecified atom stereocenters. The molecule has 0 amide bonds. The summed E-state index contributed by atoms with van der Waals surface area (Å²) >= 11 is 3.29. The number of ether oxygens (including phenoxy) is 1. The monoisotopic (exact) mass is 339 g/mol. The smallest absolute Gasteiger partial charge is 0.147 e. The summed E-state index contributed by atoms with van der Waals surface area (Å²) in [6.07, 6.45) is 0.701. The molecule has 6 heteroatoms. The van der Waals surface area contributed by atoms with Crippen LogP contribution in [-0.4, -0.2) is 22.3 Å². The fourth-order valence-electron chi connectivity index (χ4n) is 2.36. The van der Waals surface area contributed by atoms with E-state index in [1.165, 1.54) is 0 Å². The highest BCUT2D eigenvalue weighted by atomic mass is 32.1. The molecule has 0 spiro atoms. The average Bonchev–Trinajstić information content (AvgIpc) is 3.22. The molecular weight excluding hydrogens is 326 g/mol. The van der Waals surface area contributed by atoms with Gasteiger partial charge in [0, 0.05) is 5.56 Å². The maximum Gasteiger partial charge on any atom is 0.147 e. The van der Waals surface area contributed by atoms with Gasteiger partial charge in [0.05, 0.1) is 18.2 Å². The summed E-state index contributed by atoms with van der Waals surface area (Å²) in [6.45, 7) is 0. The van der Waals surface area contributed by atoms with Crippen LogP contribution in [0.4, 0.5) is 0 Å². The summed E-state index contributed by atoms with van der Waals surface area (Å²) in [5.74, 6) is 0.812. The molecule has 2 aromatic carbocycles. The molecule has 0 bridgehead atoms. The van der Waals surface area contributed by atoms with Crippen molar-refractivity contribution in [2.45, 2.75) is 6.42 Å². The Kier molecular flexibility index (Phi) is 3.77. The molecule has 0 radical (unpaired) electrons. The summed E-state index contributed by atoms with van der Waals surface area (Å²) in [4.78, 5) is 4.69. The van der Waals surface area contributed by atoms with Gasteiger partial charge in [-0.2, -0.15) is 0 Å². The van der Waals surface area contributed by atoms with Crippen molar-refractivity contribution in [1.82, 2.24) is 15.2 Å². The number of hydrogen-bond donors (Lipinski definition) is 0. The first kappa shape index (κ1) is 14.3. The number of para-hydroxylation sites is 1. The van der Waals surface area contributed by atoms with Crippen molar-refractivity contribution >= 4 is 32.9 Å². The lowest BCUT2D eigenvalue weighted by Crippen LogP contribution is -1.87. The summed E-state index contributed by atoms with van der Waals surface area (Å²) in [6, 6.07) is 16.1. The van der Waals surface area contributed by atoms with Crippen molar-refractivity contribution in [2.24, 2.45) is 0 Å². The summed E-state index contributed by atoms with van der Waals surface area (Å²) in [5.41, 5.74) is 2.02. The van der Waals surface area contributed by atoms with Gasteiger partial charge in [0.15, 0.2) is 0 Å². The molecule has 0 fully saturated rings. The van der Waals surface area contributed by atoms with E-state index in [1.54, 1.807) is 29.8 Å². The van der Waals surface area contributed by atoms with Crippen molar-refractivity contribution in [2.75, 3.05) is 7.11 Å². The van der Waals surface area contributed by atoms with E-state index in [9.17, 15) is 0 Å². The van der Waals surface area contributed by atoms with Crippen molar-refractivity contribution < 1.29 is 4.74 Å². The number of rotatable bonds is 4. The third-order valence-corrected chi connectivity index (χ3v) is 5.43. The van der Waals surface area contributed by atoms with Crippen LogP contribution in [0.1, 0.15) is 10.0 Å². The third-order valence-electron chi connectivity index (χ3n) is 3.44. The summed E-state index contributed by atoms with van der Waals surface area (Å²) in [7, 11) is 1.67. The summed E-state index contributed by atoms with van der Waals surface area (Å²) in [5, 5.41) is 11.5. The summed E-state index contributed by atoms with van der Waals surface area (Å²) < 4.78 is 6.50. The molecule has 23 heavy (non-hydrogen) atoms. The highest BCUT2D eigenvalue weighted by Crippen LogP contribution is 2.31. The molecule has 2 heterocycles. The predicted octanol–water partition coefficient (Wildman–Crippen LogP) is 4.41. The quantitative estimate of drug-likeness (QED) is 0.552. The van der Waals surface area contributed by atoms with Crippen molar-refractivity contribution in [3.05, 3.63) is 58.5 Å². The van der Waals surface area contributed by atoms with Crippen LogP contribution in [0.2, 0.25) is 0 Å². The fraction of sp³-hybridized carbons (Fsp3) is 0.118. The molecule has 0 aliphatic carbocycles. The van der Waals surface area contributed by atoms with E-state index >= 15 is 0 Å². The van der Waals surface area contributed by atoms with Gasteiger partial charge in [-0.05, 0) is 12.1 Å². The van der Waals surface area contributed by atoms with Crippen molar-refractivity contribution in [1.29, 1.82) is 0 Å². The Hall–Kier alpha value is -2.31. The van der Waals surface area contributed by atoms with E-state index in [0.717, 1.165) is 36.6 Å². The topological polar surface area (TPSA) is 47.9 Å². The van der Waals surface area contributed by atoms with Crippen LogP contribution in [0.5, 0.6) is 5.75 Å². The second-order valence-electron chi connectivity index (χ2n) is 4.96. The van der Waals surface area contributed by atoms with Crippen molar-refractivity contribution in [3.8, 4) is 16.3 Å². The van der Waals surface area contributed by atoms with Crippen LogP contribution in [-0.2, 0) is 6.42 Å². The van der Waals surface area contributed by atoms with Gasteiger partial charge in [-0.3, -0.25) is 0 Å². The van der Waals surface area contributed by atoms with E-state index < -0.39 is 0 Å². The molecule has 4 rings (SSSR count). The molecular formula is C17H13N3OS2. The lowest BCUT2D eigenvalue weighted by molar-refractivity contribution is 0.419. The number of thiazole rings is 1. The minimum Gasteiger partial charge on any atom is -0.494 e. The maximum absolute atomic E-state index is 5.37. The maximum atomic E-state index is 5.37. The first-order valence-electron chi connectivity index (χ1n) is 7.14. The highest BCUT2D eigenvalue weighted by Gasteiger charge is 2.12. The van der Waals surface area contributed by atoms with Gasteiger partial charge in [0.2, 0.25) is 0 Å². The van der Waals surface area contributed by atoms with Crippen LogP contribution in [0, 0.1) is 0 Å². The van der Waals surface area contributed by atoms with Gasteiger partial charge in [-0.15, -0.1) is 21.5 Å². The largest absolute Gasteiger partial charge is 0.494 e. The Morgan fingerprint density at radius 3 is 2.61 bits per heavy atom. The minimum absolute atomic E-state index is 0.701. The van der Waals surface area contributed by atoms with Gasteiger partial charge >= 0.3 is 0 Å². The van der Waals surface area contributed by atoms with Crippen LogP contribution in [0.15, 0.2) is 48.5 Å². The first-order valence-corrected chi connectivity index (χ1v) is 8.77. The van der Waals surface area contributed by atoms with Crippen LogP contribution >= 0.6 is 22.7 Å². The second kappa shape index (κ2) is 6.06. The Morgan fingerprint density at radius 1 is 0.913 bits per heavy atom. The Labute approximate surface area is 141 Å². The Balaban J connectivity index is 1.63. The second-order valence-corrected chi connectivity index (χ2v) is 7.14. The zero-order valence-corrected chi connectivity index (χ0v) is 14.0. The molecule has 0 aliphatic rings. The number of nitrogens with zero attached hydrogens (tertiary/aromatic N) is 3. The van der Waals surface area contributed by atoms with Gasteiger partial charge in [-0.25, -0.2) is 4.98 Å². The number of hydrogen-bond acceptors (Lipinski definition) is 6. The molecule has 0 N–H and O–H groups in total. The van der Waals surface area contributed by atoms with Crippen LogP contribution in [0.25, 0.3) is 20.8 Å². The van der Waals surface area contributed by atoms with Crippen LogP contribution in [0.3, 0.4) is 0 Å². The van der Waals surface area contributed by atoms with E-state index in [2.05, 4.69) is 16.3 Å². The van der Waals surface area contributed by atoms with Crippen LogP contribution < -0.4 is 4.74 Å². The first-order chi connectivity index (χ1) is 11.3. The SMILES string of the molecule is COc1cccc2sc(Cc3nnc(-c4ccccc4)s3)nc12. The van der Waals surface area contributed by atoms with Crippen molar-refractivity contribution in [3.63, 3.8) is 0 Å². The standard InChI is InChI=1S/C17H13N3OS2/c1-21-12-8-5-9-13-16(12)18-14(22-13)10-15-19-20-17(23-15)11-6-3-2-4-7-11/h2-9H,10H2,1H3. The fourth-order valence-corrected chi connectivity index (χ4v) is 4.29. The normalized spacial score (nSPS) is 11.0. The molecule has 2 aromatic heterocycles. The Bertz CT molecular complexity index is 947. The van der Waals surface area contributed by atoms with Gasteiger partial charge in [0.25, 0.3) is 0 Å². The van der Waals surface area contributed by atoms with Gasteiger partial charge < -0.3 is 4.74 Å². The Morgan fingerprint density at radius 2 is 1.78 bits per heavy atom. The minimum atomic E-state index is 0.701. The third kappa shape index (κ3) is 2.83. The zero-order chi connectivity index (χ0) is 15.6. The lowest BCUT2D eigenvalue weighted by Gasteiger charge is -1.97. The van der Waals surface area contributed by atoms with E-state index in [-0.39, 0.29) is 0 Å². The zero-order valence-electron chi connectivity index (χ0n) is 12.4. The molecule has 0 atom stereocenters. The molecule has 4 aromatic rings. The highest BCUT2D eigenvalue weighted by molar-refractivity contribution is 7.19. The number of fused-ring (bicyclic) bond motifs is 1. The number of benzene rings is 2. The lowest BCUT2D eigenvalue weighted by atomic mass is 10.2. The van der Waals surface area contributed by atoms with E-state index in [4.69, 9.17) is 9.72 Å². The molecule has 114 valence electrons. The number of aromatic nitrogens is 3. The molecule has 0 saturated carbocycles. The predicted molar refractivity (Wildman–Crippen MR) is 94.3 cm³/mol. The van der Waals surface area contributed by atoms with Gasteiger partial charge in [0.1, 0.15) is 26.3 Å². The van der Waals surface area contributed by atoms with E-state index in [0.29, 0.717) is 6.42 Å². The van der Waals surface area contributed by atoms with Gasteiger partial charge in [-0.1, -0.05) is 47.7 Å². The number of methoxy groups -OCH3 is 1.